The Morgan fingerprint density at radius 1 is 1.25 bits per heavy atom. The van der Waals surface area contributed by atoms with Crippen LogP contribution in [0.5, 0.6) is 0 Å². The lowest BCUT2D eigenvalue weighted by Crippen LogP contribution is -2.48. The molecule has 20 heavy (non-hydrogen) atoms. The summed E-state index contributed by atoms with van der Waals surface area (Å²) in [5.41, 5.74) is 4.05. The molecule has 0 aliphatic heterocycles. The minimum absolute atomic E-state index is 0.00606. The van der Waals surface area contributed by atoms with Gasteiger partial charge >= 0.3 is 6.18 Å². The number of alkyl halides is 3. The van der Waals surface area contributed by atoms with E-state index in [1.165, 1.54) is 6.07 Å². The summed E-state index contributed by atoms with van der Waals surface area (Å²) >= 11 is 5.65. The first kappa shape index (κ1) is 15.1. The lowest BCUT2D eigenvalue weighted by Gasteiger charge is -2.22. The molecule has 0 spiro atoms. The average molecular weight is 307 g/mol. The van der Waals surface area contributed by atoms with E-state index in [-0.39, 0.29) is 10.7 Å². The molecule has 0 radical (unpaired) electrons. The van der Waals surface area contributed by atoms with Crippen LogP contribution in [-0.2, 0) is 11.0 Å². The van der Waals surface area contributed by atoms with Crippen LogP contribution in [0, 0.1) is 0 Å². The fraction of sp³-hybridized carbons (Fsp3) is 0.462. The van der Waals surface area contributed by atoms with E-state index in [0.29, 0.717) is 12.8 Å². The number of benzene rings is 1. The molecule has 0 bridgehead atoms. The zero-order chi connectivity index (χ0) is 15.0. The molecular formula is C13H14ClF3N2O. The third-order valence-corrected chi connectivity index (χ3v) is 3.65. The fourth-order valence-electron chi connectivity index (χ4n) is 2.31. The van der Waals surface area contributed by atoms with Gasteiger partial charge in [0.15, 0.2) is 0 Å². The maximum atomic E-state index is 12.7. The van der Waals surface area contributed by atoms with Gasteiger partial charge in [0.1, 0.15) is 0 Å². The summed E-state index contributed by atoms with van der Waals surface area (Å²) in [7, 11) is 0. The van der Waals surface area contributed by atoms with Crippen molar-refractivity contribution in [3.8, 4) is 0 Å². The molecular weight excluding hydrogens is 293 g/mol. The molecule has 1 fully saturated rings. The standard InChI is InChI=1S/C13H14ClF3N2O/c14-9-5-8(13(15,16)17)6-10(7-9)19-11(20)12(18)3-1-2-4-12/h5-7H,1-4,18H2,(H,19,20). The first-order valence-electron chi connectivity index (χ1n) is 6.19. The van der Waals surface area contributed by atoms with E-state index in [1.54, 1.807) is 0 Å². The smallest absolute Gasteiger partial charge is 0.324 e. The summed E-state index contributed by atoms with van der Waals surface area (Å²) in [5.74, 6) is -0.467. The van der Waals surface area contributed by atoms with Crippen molar-refractivity contribution in [2.24, 2.45) is 5.73 Å². The number of nitrogens with one attached hydrogen (secondary N) is 1. The molecule has 3 nitrogen and oxygen atoms in total. The largest absolute Gasteiger partial charge is 0.416 e. The first-order chi connectivity index (χ1) is 9.21. The summed E-state index contributed by atoms with van der Waals surface area (Å²) in [5, 5.41) is 2.34. The number of hydrogen-bond donors (Lipinski definition) is 2. The van der Waals surface area contributed by atoms with E-state index < -0.39 is 23.2 Å². The van der Waals surface area contributed by atoms with Crippen LogP contribution in [0.1, 0.15) is 31.2 Å². The Hall–Kier alpha value is -1.27. The van der Waals surface area contributed by atoms with Crippen LogP contribution < -0.4 is 11.1 Å². The molecule has 0 aromatic heterocycles. The molecule has 0 unspecified atom stereocenters. The van der Waals surface area contributed by atoms with Gasteiger partial charge in [-0.15, -0.1) is 0 Å². The second-order valence-corrected chi connectivity index (χ2v) is 5.48. The zero-order valence-electron chi connectivity index (χ0n) is 10.6. The monoisotopic (exact) mass is 306 g/mol. The van der Waals surface area contributed by atoms with Crippen molar-refractivity contribution in [1.82, 2.24) is 0 Å². The molecule has 1 aliphatic carbocycles. The molecule has 2 rings (SSSR count). The van der Waals surface area contributed by atoms with E-state index in [1.807, 2.05) is 0 Å². The Balaban J connectivity index is 2.21. The van der Waals surface area contributed by atoms with Crippen LogP contribution in [0.2, 0.25) is 5.02 Å². The van der Waals surface area contributed by atoms with Crippen LogP contribution in [-0.4, -0.2) is 11.4 Å². The Morgan fingerprint density at radius 3 is 2.40 bits per heavy atom. The third kappa shape index (κ3) is 3.24. The van der Waals surface area contributed by atoms with E-state index in [4.69, 9.17) is 17.3 Å². The minimum atomic E-state index is -4.52. The summed E-state index contributed by atoms with van der Waals surface area (Å²) in [6.07, 6.45) is -1.77. The molecule has 1 aromatic rings. The molecule has 0 heterocycles. The van der Waals surface area contributed by atoms with Gasteiger partial charge in [-0.3, -0.25) is 4.79 Å². The Labute approximate surface area is 119 Å². The highest BCUT2D eigenvalue weighted by Crippen LogP contribution is 2.34. The molecule has 3 N–H and O–H groups in total. The average Bonchev–Trinajstić information content (AvgIpc) is 2.75. The van der Waals surface area contributed by atoms with Crippen molar-refractivity contribution < 1.29 is 18.0 Å². The Kier molecular flexibility index (Phi) is 3.97. The van der Waals surface area contributed by atoms with Crippen molar-refractivity contribution in [1.29, 1.82) is 0 Å². The van der Waals surface area contributed by atoms with E-state index in [0.717, 1.165) is 25.0 Å². The molecule has 7 heteroatoms. The Bertz CT molecular complexity index is 525. The molecule has 110 valence electrons. The molecule has 0 saturated heterocycles. The van der Waals surface area contributed by atoms with Crippen LogP contribution in [0.25, 0.3) is 0 Å². The minimum Gasteiger partial charge on any atom is -0.324 e. The van der Waals surface area contributed by atoms with E-state index in [9.17, 15) is 18.0 Å². The van der Waals surface area contributed by atoms with Crippen LogP contribution in [0.15, 0.2) is 18.2 Å². The third-order valence-electron chi connectivity index (χ3n) is 3.43. The molecule has 1 saturated carbocycles. The highest BCUT2D eigenvalue weighted by molar-refractivity contribution is 6.31. The second kappa shape index (κ2) is 5.26. The number of rotatable bonds is 2. The van der Waals surface area contributed by atoms with Gasteiger partial charge in [-0.05, 0) is 31.0 Å². The predicted octanol–water partition coefficient (Wildman–Crippen LogP) is 3.57. The number of anilines is 1. The van der Waals surface area contributed by atoms with Gasteiger partial charge in [0.25, 0.3) is 0 Å². The number of halogens is 4. The highest BCUT2D eigenvalue weighted by Gasteiger charge is 2.37. The quantitative estimate of drug-likeness (QED) is 0.877. The molecule has 1 aromatic carbocycles. The second-order valence-electron chi connectivity index (χ2n) is 5.04. The normalized spacial score (nSPS) is 18.1. The lowest BCUT2D eigenvalue weighted by atomic mass is 9.98. The molecule has 1 amide bonds. The number of carbonyl (C=O) groups is 1. The van der Waals surface area contributed by atoms with Gasteiger partial charge in [-0.25, -0.2) is 0 Å². The van der Waals surface area contributed by atoms with E-state index in [2.05, 4.69) is 5.32 Å². The number of hydrogen-bond acceptors (Lipinski definition) is 2. The zero-order valence-corrected chi connectivity index (χ0v) is 11.3. The number of amides is 1. The first-order valence-corrected chi connectivity index (χ1v) is 6.57. The van der Waals surface area contributed by atoms with Gasteiger partial charge < -0.3 is 11.1 Å². The van der Waals surface area contributed by atoms with Gasteiger partial charge in [0.05, 0.1) is 11.1 Å². The van der Waals surface area contributed by atoms with E-state index >= 15 is 0 Å². The van der Waals surface area contributed by atoms with Crippen LogP contribution in [0.3, 0.4) is 0 Å². The molecule has 1 aliphatic rings. The van der Waals surface area contributed by atoms with Crippen LogP contribution in [0.4, 0.5) is 18.9 Å². The number of carbonyl (C=O) groups excluding carboxylic acids is 1. The highest BCUT2D eigenvalue weighted by atomic mass is 35.5. The van der Waals surface area contributed by atoms with Crippen molar-refractivity contribution in [2.45, 2.75) is 37.4 Å². The topological polar surface area (TPSA) is 55.1 Å². The SMILES string of the molecule is NC1(C(=O)Nc2cc(Cl)cc(C(F)(F)F)c2)CCCC1. The maximum absolute atomic E-state index is 12.7. The Morgan fingerprint density at radius 2 is 1.85 bits per heavy atom. The van der Waals surface area contributed by atoms with Crippen molar-refractivity contribution in [3.63, 3.8) is 0 Å². The maximum Gasteiger partial charge on any atom is 0.416 e. The van der Waals surface area contributed by atoms with Crippen molar-refractivity contribution >= 4 is 23.2 Å². The summed E-state index contributed by atoms with van der Waals surface area (Å²) in [6, 6.07) is 2.93. The summed E-state index contributed by atoms with van der Waals surface area (Å²) < 4.78 is 38.0. The van der Waals surface area contributed by atoms with Crippen molar-refractivity contribution in [2.75, 3.05) is 5.32 Å². The van der Waals surface area contributed by atoms with Gasteiger partial charge in [-0.1, -0.05) is 24.4 Å². The molecule has 0 atom stereocenters. The van der Waals surface area contributed by atoms with Gasteiger partial charge in [-0.2, -0.15) is 13.2 Å². The number of nitrogens with two attached hydrogens (primary N) is 1. The van der Waals surface area contributed by atoms with Gasteiger partial charge in [0.2, 0.25) is 5.91 Å². The summed E-state index contributed by atoms with van der Waals surface area (Å²) in [6.45, 7) is 0. The fourth-order valence-corrected chi connectivity index (χ4v) is 2.55. The van der Waals surface area contributed by atoms with Crippen LogP contribution >= 0.6 is 11.6 Å². The predicted molar refractivity (Wildman–Crippen MR) is 70.5 cm³/mol. The van der Waals surface area contributed by atoms with Crippen molar-refractivity contribution in [3.05, 3.63) is 28.8 Å². The van der Waals surface area contributed by atoms with Gasteiger partial charge in [0, 0.05) is 10.7 Å². The lowest BCUT2D eigenvalue weighted by molar-refractivity contribution is -0.137. The summed E-state index contributed by atoms with van der Waals surface area (Å²) in [4.78, 5) is 12.0.